The predicted octanol–water partition coefficient (Wildman–Crippen LogP) is 4.78. The molecule has 1 aliphatic heterocycles. The Morgan fingerprint density at radius 1 is 0.893 bits per heavy atom. The minimum Gasteiger partial charge on any atom is -0.493 e. The normalized spacial score (nSPS) is 15.6. The second-order valence-electron chi connectivity index (χ2n) is 6.72. The standard InChI is InChI=1S/C23H22N2O3/c1-15-7-6-8-17(13-15)25-22(16-11-12-20(27-2)21(14-16)28-3)24-19-10-5-4-9-18(19)23(25)26/h4-14,22,24H,1-3H3/t22-/m0/s1. The lowest BCUT2D eigenvalue weighted by atomic mass is 10.0. The van der Waals surface area contributed by atoms with Crippen LogP contribution in [0.4, 0.5) is 11.4 Å². The van der Waals surface area contributed by atoms with E-state index in [1.165, 1.54) is 0 Å². The molecule has 5 heteroatoms. The fraction of sp³-hybridized carbons (Fsp3) is 0.174. The van der Waals surface area contributed by atoms with Crippen molar-refractivity contribution in [3.8, 4) is 11.5 Å². The molecule has 0 radical (unpaired) electrons. The summed E-state index contributed by atoms with van der Waals surface area (Å²) in [5.41, 5.74) is 4.31. The number of aryl methyl sites for hydroxylation is 1. The van der Waals surface area contributed by atoms with E-state index in [1.54, 1.807) is 19.1 Å². The fourth-order valence-corrected chi connectivity index (χ4v) is 3.55. The van der Waals surface area contributed by atoms with E-state index in [2.05, 4.69) is 5.32 Å². The molecule has 1 atom stereocenters. The van der Waals surface area contributed by atoms with Crippen molar-refractivity contribution in [1.82, 2.24) is 0 Å². The summed E-state index contributed by atoms with van der Waals surface area (Å²) in [5.74, 6) is 1.23. The zero-order chi connectivity index (χ0) is 19.7. The van der Waals surface area contributed by atoms with Crippen molar-refractivity contribution in [2.24, 2.45) is 0 Å². The number of fused-ring (bicyclic) bond motifs is 1. The number of ether oxygens (including phenoxy) is 2. The van der Waals surface area contributed by atoms with Gasteiger partial charge in [0.2, 0.25) is 0 Å². The lowest BCUT2D eigenvalue weighted by molar-refractivity contribution is 0.0975. The number of amides is 1. The molecule has 1 heterocycles. The third kappa shape index (κ3) is 3.05. The van der Waals surface area contributed by atoms with Crippen LogP contribution in [-0.4, -0.2) is 20.1 Å². The zero-order valence-electron chi connectivity index (χ0n) is 16.1. The third-order valence-electron chi connectivity index (χ3n) is 4.93. The van der Waals surface area contributed by atoms with Crippen LogP contribution < -0.4 is 19.7 Å². The van der Waals surface area contributed by atoms with Gasteiger partial charge in [-0.3, -0.25) is 9.69 Å². The molecule has 1 N–H and O–H groups in total. The summed E-state index contributed by atoms with van der Waals surface area (Å²) >= 11 is 0. The molecule has 3 aromatic carbocycles. The number of methoxy groups -OCH3 is 2. The first-order chi connectivity index (χ1) is 13.6. The van der Waals surface area contributed by atoms with Gasteiger partial charge in [0.05, 0.1) is 19.8 Å². The first-order valence-electron chi connectivity index (χ1n) is 9.10. The van der Waals surface area contributed by atoms with Gasteiger partial charge < -0.3 is 14.8 Å². The van der Waals surface area contributed by atoms with Crippen molar-refractivity contribution < 1.29 is 14.3 Å². The second-order valence-corrected chi connectivity index (χ2v) is 6.72. The van der Waals surface area contributed by atoms with E-state index in [9.17, 15) is 4.79 Å². The molecule has 0 spiro atoms. The number of carbonyl (C=O) groups is 1. The quantitative estimate of drug-likeness (QED) is 0.714. The van der Waals surface area contributed by atoms with Crippen LogP contribution in [-0.2, 0) is 0 Å². The van der Waals surface area contributed by atoms with Gasteiger partial charge in [-0.15, -0.1) is 0 Å². The summed E-state index contributed by atoms with van der Waals surface area (Å²) in [4.78, 5) is 15.2. The van der Waals surface area contributed by atoms with E-state index in [4.69, 9.17) is 9.47 Å². The number of para-hydroxylation sites is 1. The maximum atomic E-state index is 13.4. The largest absolute Gasteiger partial charge is 0.493 e. The fourth-order valence-electron chi connectivity index (χ4n) is 3.55. The average Bonchev–Trinajstić information content (AvgIpc) is 2.73. The molecule has 0 saturated heterocycles. The monoisotopic (exact) mass is 374 g/mol. The van der Waals surface area contributed by atoms with Crippen LogP contribution >= 0.6 is 0 Å². The smallest absolute Gasteiger partial charge is 0.262 e. The van der Waals surface area contributed by atoms with Crippen molar-refractivity contribution in [3.05, 3.63) is 83.4 Å². The van der Waals surface area contributed by atoms with Gasteiger partial charge in [-0.25, -0.2) is 0 Å². The Hall–Kier alpha value is -3.47. The molecule has 0 fully saturated rings. The van der Waals surface area contributed by atoms with Crippen molar-refractivity contribution in [2.75, 3.05) is 24.4 Å². The highest BCUT2D eigenvalue weighted by Gasteiger charge is 2.34. The van der Waals surface area contributed by atoms with Crippen molar-refractivity contribution in [2.45, 2.75) is 13.1 Å². The highest BCUT2D eigenvalue weighted by atomic mass is 16.5. The average molecular weight is 374 g/mol. The Labute approximate surface area is 164 Å². The summed E-state index contributed by atoms with van der Waals surface area (Å²) in [7, 11) is 3.21. The summed E-state index contributed by atoms with van der Waals surface area (Å²) in [6.45, 7) is 2.02. The van der Waals surface area contributed by atoms with Crippen LogP contribution in [0.3, 0.4) is 0 Å². The van der Waals surface area contributed by atoms with Crippen LogP contribution in [0.1, 0.15) is 27.7 Å². The van der Waals surface area contributed by atoms with Gasteiger partial charge in [0.25, 0.3) is 5.91 Å². The van der Waals surface area contributed by atoms with Crippen molar-refractivity contribution >= 4 is 17.3 Å². The van der Waals surface area contributed by atoms with Gasteiger partial charge in [0, 0.05) is 11.4 Å². The van der Waals surface area contributed by atoms with Crippen LogP contribution in [0.15, 0.2) is 66.7 Å². The molecule has 0 aliphatic carbocycles. The molecule has 3 aromatic rings. The zero-order valence-corrected chi connectivity index (χ0v) is 16.1. The lowest BCUT2D eigenvalue weighted by Crippen LogP contribution is -2.43. The first-order valence-corrected chi connectivity index (χ1v) is 9.10. The summed E-state index contributed by atoms with van der Waals surface area (Å²) in [6.07, 6.45) is -0.371. The van der Waals surface area contributed by atoms with Gasteiger partial charge in [0.1, 0.15) is 6.17 Å². The second kappa shape index (κ2) is 7.27. The van der Waals surface area contributed by atoms with Crippen molar-refractivity contribution in [3.63, 3.8) is 0 Å². The van der Waals surface area contributed by atoms with Gasteiger partial charge >= 0.3 is 0 Å². The van der Waals surface area contributed by atoms with Gasteiger partial charge in [0.15, 0.2) is 11.5 Å². The maximum Gasteiger partial charge on any atom is 0.262 e. The van der Waals surface area contributed by atoms with Crippen molar-refractivity contribution in [1.29, 1.82) is 0 Å². The number of benzene rings is 3. The molecule has 0 bridgehead atoms. The first kappa shape index (κ1) is 17.9. The molecule has 142 valence electrons. The highest BCUT2D eigenvalue weighted by Crippen LogP contribution is 2.39. The minimum atomic E-state index is -0.371. The highest BCUT2D eigenvalue weighted by molar-refractivity contribution is 6.12. The number of anilines is 2. The minimum absolute atomic E-state index is 0.0419. The number of rotatable bonds is 4. The molecule has 0 saturated carbocycles. The Kier molecular flexibility index (Phi) is 4.65. The third-order valence-corrected chi connectivity index (χ3v) is 4.93. The van der Waals surface area contributed by atoms with Crippen LogP contribution in [0.25, 0.3) is 0 Å². The maximum absolute atomic E-state index is 13.4. The molecule has 1 amide bonds. The van der Waals surface area contributed by atoms with E-state index in [0.29, 0.717) is 17.1 Å². The van der Waals surface area contributed by atoms with E-state index >= 15 is 0 Å². The van der Waals surface area contributed by atoms with Gasteiger partial charge in [-0.1, -0.05) is 30.3 Å². The number of nitrogens with zero attached hydrogens (tertiary/aromatic N) is 1. The molecule has 4 rings (SSSR count). The van der Waals surface area contributed by atoms with E-state index < -0.39 is 0 Å². The SMILES string of the molecule is COc1ccc([C@H]2Nc3ccccc3C(=O)N2c2cccc(C)c2)cc1OC. The summed E-state index contributed by atoms with van der Waals surface area (Å²) in [5, 5.41) is 3.51. The molecule has 0 aromatic heterocycles. The van der Waals surface area contributed by atoms with Gasteiger partial charge in [-0.2, -0.15) is 0 Å². The topological polar surface area (TPSA) is 50.8 Å². The number of nitrogens with one attached hydrogen (secondary N) is 1. The Balaban J connectivity index is 1.86. The summed E-state index contributed by atoms with van der Waals surface area (Å²) < 4.78 is 10.8. The van der Waals surface area contributed by atoms with Crippen LogP contribution in [0.2, 0.25) is 0 Å². The Bertz CT molecular complexity index is 1030. The van der Waals surface area contributed by atoms with E-state index in [1.807, 2.05) is 73.7 Å². The Morgan fingerprint density at radius 2 is 1.68 bits per heavy atom. The van der Waals surface area contributed by atoms with Crippen LogP contribution in [0, 0.1) is 6.92 Å². The predicted molar refractivity (Wildman–Crippen MR) is 110 cm³/mol. The summed E-state index contributed by atoms with van der Waals surface area (Å²) in [6, 6.07) is 21.2. The Morgan fingerprint density at radius 3 is 2.43 bits per heavy atom. The molecular formula is C23H22N2O3. The molecule has 0 unspecified atom stereocenters. The molecule has 28 heavy (non-hydrogen) atoms. The number of hydrogen-bond donors (Lipinski definition) is 1. The number of hydrogen-bond acceptors (Lipinski definition) is 4. The van der Waals surface area contributed by atoms with Gasteiger partial charge in [-0.05, 0) is 54.4 Å². The lowest BCUT2D eigenvalue weighted by Gasteiger charge is -2.38. The van der Waals surface area contributed by atoms with Crippen LogP contribution in [0.5, 0.6) is 11.5 Å². The molecular weight excluding hydrogens is 352 g/mol. The number of carbonyl (C=O) groups excluding carboxylic acids is 1. The van der Waals surface area contributed by atoms with E-state index in [0.717, 1.165) is 22.5 Å². The molecule has 5 nitrogen and oxygen atoms in total. The van der Waals surface area contributed by atoms with E-state index in [-0.39, 0.29) is 12.1 Å². The molecule has 1 aliphatic rings.